The van der Waals surface area contributed by atoms with E-state index in [2.05, 4.69) is 6.58 Å². The van der Waals surface area contributed by atoms with Crippen molar-refractivity contribution in [1.82, 2.24) is 4.90 Å². The molecule has 158 valence electrons. The summed E-state index contributed by atoms with van der Waals surface area (Å²) in [4.78, 5) is 15.4. The van der Waals surface area contributed by atoms with Crippen LogP contribution in [-0.2, 0) is 6.42 Å². The molecule has 1 atom stereocenters. The number of methoxy groups -OCH3 is 2. The number of carbonyl (C=O) groups excluding carboxylic acids is 1. The molecule has 1 fully saturated rings. The first-order valence-corrected chi connectivity index (χ1v) is 10.2. The lowest BCUT2D eigenvalue weighted by Gasteiger charge is -2.27. The molecule has 6 heteroatoms. The van der Waals surface area contributed by atoms with E-state index in [1.165, 1.54) is 0 Å². The minimum absolute atomic E-state index is 0.00396. The van der Waals surface area contributed by atoms with E-state index in [0.29, 0.717) is 43.2 Å². The average molecular weight is 409 g/mol. The van der Waals surface area contributed by atoms with E-state index < -0.39 is 0 Å². The van der Waals surface area contributed by atoms with Crippen LogP contribution in [0, 0.1) is 0 Å². The number of hydrogen-bond acceptors (Lipinski definition) is 5. The fourth-order valence-electron chi connectivity index (χ4n) is 4.26. The molecule has 2 aromatic rings. The maximum absolute atomic E-state index is 13.5. The first-order chi connectivity index (χ1) is 14.7. The standard InChI is InChI=1S/C24H27NO5/c1-4-6-17-13-18(15-22(27-2)23(17)28-3)24(26)25-10-5-7-19(25)16-8-9-20-21(14-16)30-12-11-29-20/h4,8-9,13-15,19H,1,5-7,10-12H2,2-3H3. The van der Waals surface area contributed by atoms with Gasteiger partial charge in [0.2, 0.25) is 0 Å². The molecule has 1 saturated heterocycles. The van der Waals surface area contributed by atoms with Crippen LogP contribution in [-0.4, -0.2) is 44.8 Å². The van der Waals surface area contributed by atoms with E-state index in [-0.39, 0.29) is 11.9 Å². The van der Waals surface area contributed by atoms with E-state index in [9.17, 15) is 4.79 Å². The van der Waals surface area contributed by atoms with Crippen LogP contribution < -0.4 is 18.9 Å². The molecule has 2 aliphatic heterocycles. The molecule has 0 aliphatic carbocycles. The lowest BCUT2D eigenvalue weighted by atomic mass is 10.0. The summed E-state index contributed by atoms with van der Waals surface area (Å²) in [6, 6.07) is 9.61. The van der Waals surface area contributed by atoms with Crippen LogP contribution in [0.3, 0.4) is 0 Å². The van der Waals surface area contributed by atoms with Crippen LogP contribution in [0.4, 0.5) is 0 Å². The molecule has 2 aliphatic rings. The number of fused-ring (bicyclic) bond motifs is 1. The van der Waals surface area contributed by atoms with Gasteiger partial charge in [0, 0.05) is 17.7 Å². The zero-order chi connectivity index (χ0) is 21.1. The van der Waals surface area contributed by atoms with Crippen LogP contribution in [0.15, 0.2) is 43.0 Å². The Morgan fingerprint density at radius 3 is 2.70 bits per heavy atom. The molecular formula is C24H27NO5. The minimum Gasteiger partial charge on any atom is -0.493 e. The Balaban J connectivity index is 1.65. The summed E-state index contributed by atoms with van der Waals surface area (Å²) < 4.78 is 22.4. The SMILES string of the molecule is C=CCc1cc(C(=O)N2CCCC2c2ccc3c(c2)OCCO3)cc(OC)c1OC. The maximum atomic E-state index is 13.5. The van der Waals surface area contributed by atoms with Gasteiger partial charge in [-0.2, -0.15) is 0 Å². The maximum Gasteiger partial charge on any atom is 0.254 e. The lowest BCUT2D eigenvalue weighted by Crippen LogP contribution is -2.30. The number of rotatable bonds is 6. The summed E-state index contributed by atoms with van der Waals surface area (Å²) in [5.74, 6) is 2.68. The topological polar surface area (TPSA) is 57.2 Å². The molecule has 0 saturated carbocycles. The highest BCUT2D eigenvalue weighted by atomic mass is 16.6. The van der Waals surface area contributed by atoms with Gasteiger partial charge in [0.15, 0.2) is 23.0 Å². The zero-order valence-corrected chi connectivity index (χ0v) is 17.5. The van der Waals surface area contributed by atoms with Crippen LogP contribution in [0.5, 0.6) is 23.0 Å². The molecule has 6 nitrogen and oxygen atoms in total. The van der Waals surface area contributed by atoms with Crippen LogP contribution in [0.25, 0.3) is 0 Å². The predicted octanol–water partition coefficient (Wildman–Crippen LogP) is 4.18. The van der Waals surface area contributed by atoms with E-state index in [1.807, 2.05) is 29.2 Å². The van der Waals surface area contributed by atoms with Crippen molar-refractivity contribution in [2.45, 2.75) is 25.3 Å². The summed E-state index contributed by atoms with van der Waals surface area (Å²) >= 11 is 0. The highest BCUT2D eigenvalue weighted by molar-refractivity contribution is 5.95. The van der Waals surface area contributed by atoms with Crippen molar-refractivity contribution < 1.29 is 23.7 Å². The molecule has 0 N–H and O–H groups in total. The first kappa shape index (κ1) is 20.1. The number of ether oxygens (including phenoxy) is 4. The van der Waals surface area contributed by atoms with Crippen molar-refractivity contribution in [2.24, 2.45) is 0 Å². The van der Waals surface area contributed by atoms with Crippen molar-refractivity contribution in [1.29, 1.82) is 0 Å². The van der Waals surface area contributed by atoms with Gasteiger partial charge in [-0.3, -0.25) is 4.79 Å². The fraction of sp³-hybridized carbons (Fsp3) is 0.375. The molecule has 0 aromatic heterocycles. The van der Waals surface area contributed by atoms with Crippen molar-refractivity contribution in [3.05, 3.63) is 59.7 Å². The second-order valence-electron chi connectivity index (χ2n) is 7.42. The molecule has 0 spiro atoms. The van der Waals surface area contributed by atoms with Gasteiger partial charge in [-0.05, 0) is 49.1 Å². The largest absolute Gasteiger partial charge is 0.493 e. The lowest BCUT2D eigenvalue weighted by molar-refractivity contribution is 0.0734. The summed E-state index contributed by atoms with van der Waals surface area (Å²) in [5, 5.41) is 0. The molecule has 0 bridgehead atoms. The van der Waals surface area contributed by atoms with Gasteiger partial charge in [0.25, 0.3) is 5.91 Å². The minimum atomic E-state index is -0.0151. The molecule has 2 heterocycles. The summed E-state index contributed by atoms with van der Waals surface area (Å²) in [6.07, 6.45) is 4.25. The van der Waals surface area contributed by atoms with Gasteiger partial charge >= 0.3 is 0 Å². The second-order valence-corrected chi connectivity index (χ2v) is 7.42. The van der Waals surface area contributed by atoms with Crippen LogP contribution >= 0.6 is 0 Å². The summed E-state index contributed by atoms with van der Waals surface area (Å²) in [5.41, 5.74) is 2.54. The van der Waals surface area contributed by atoms with E-state index >= 15 is 0 Å². The molecule has 1 unspecified atom stereocenters. The van der Waals surface area contributed by atoms with Gasteiger partial charge in [-0.25, -0.2) is 0 Å². The Morgan fingerprint density at radius 2 is 1.97 bits per heavy atom. The number of carbonyl (C=O) groups is 1. The van der Waals surface area contributed by atoms with E-state index in [4.69, 9.17) is 18.9 Å². The Hall–Kier alpha value is -3.15. The van der Waals surface area contributed by atoms with Gasteiger partial charge < -0.3 is 23.8 Å². The van der Waals surface area contributed by atoms with Gasteiger partial charge in [0.1, 0.15) is 13.2 Å². The van der Waals surface area contributed by atoms with E-state index in [0.717, 1.165) is 35.5 Å². The normalized spacial score (nSPS) is 17.5. The molecular weight excluding hydrogens is 382 g/mol. The third-order valence-corrected chi connectivity index (χ3v) is 5.63. The zero-order valence-electron chi connectivity index (χ0n) is 17.5. The van der Waals surface area contributed by atoms with Crippen LogP contribution in [0.1, 0.15) is 40.4 Å². The molecule has 2 aromatic carbocycles. The van der Waals surface area contributed by atoms with Crippen LogP contribution in [0.2, 0.25) is 0 Å². The van der Waals surface area contributed by atoms with Crippen molar-refractivity contribution in [2.75, 3.05) is 34.0 Å². The average Bonchev–Trinajstić information content (AvgIpc) is 3.27. The smallest absolute Gasteiger partial charge is 0.254 e. The number of likely N-dealkylation sites (tertiary alicyclic amines) is 1. The van der Waals surface area contributed by atoms with Crippen molar-refractivity contribution in [3.8, 4) is 23.0 Å². The van der Waals surface area contributed by atoms with Gasteiger partial charge in [0.05, 0.1) is 20.3 Å². The summed E-state index contributed by atoms with van der Waals surface area (Å²) in [6.45, 7) is 5.63. The number of hydrogen-bond donors (Lipinski definition) is 0. The molecule has 30 heavy (non-hydrogen) atoms. The Bertz CT molecular complexity index is 955. The second kappa shape index (κ2) is 8.69. The monoisotopic (exact) mass is 409 g/mol. The Labute approximate surface area is 177 Å². The number of allylic oxidation sites excluding steroid dienone is 1. The summed E-state index contributed by atoms with van der Waals surface area (Å²) in [7, 11) is 3.18. The number of nitrogens with zero attached hydrogens (tertiary/aromatic N) is 1. The third kappa shape index (κ3) is 3.70. The fourth-order valence-corrected chi connectivity index (χ4v) is 4.26. The quantitative estimate of drug-likeness (QED) is 0.670. The third-order valence-electron chi connectivity index (χ3n) is 5.63. The molecule has 1 amide bonds. The highest BCUT2D eigenvalue weighted by Gasteiger charge is 2.32. The Morgan fingerprint density at radius 1 is 1.17 bits per heavy atom. The number of benzene rings is 2. The number of amides is 1. The van der Waals surface area contributed by atoms with Gasteiger partial charge in [-0.1, -0.05) is 12.1 Å². The van der Waals surface area contributed by atoms with Crippen molar-refractivity contribution >= 4 is 5.91 Å². The Kier molecular flexibility index (Phi) is 5.84. The molecule has 4 rings (SSSR count). The van der Waals surface area contributed by atoms with Gasteiger partial charge in [-0.15, -0.1) is 6.58 Å². The van der Waals surface area contributed by atoms with E-state index in [1.54, 1.807) is 26.4 Å². The predicted molar refractivity (Wildman–Crippen MR) is 114 cm³/mol. The molecule has 0 radical (unpaired) electrons. The first-order valence-electron chi connectivity index (χ1n) is 10.2. The van der Waals surface area contributed by atoms with Crippen molar-refractivity contribution in [3.63, 3.8) is 0 Å². The highest BCUT2D eigenvalue weighted by Crippen LogP contribution is 2.40.